The van der Waals surface area contributed by atoms with Gasteiger partial charge in [0.15, 0.2) is 0 Å². The van der Waals surface area contributed by atoms with E-state index in [1.807, 2.05) is 20.8 Å². The van der Waals surface area contributed by atoms with Gasteiger partial charge in [0, 0.05) is 6.07 Å². The summed E-state index contributed by atoms with van der Waals surface area (Å²) < 4.78 is 0.612. The summed E-state index contributed by atoms with van der Waals surface area (Å²) in [5.74, 6) is 0. The van der Waals surface area contributed by atoms with Crippen LogP contribution in [0.3, 0.4) is 0 Å². The molecule has 1 heterocycles. The normalized spacial score (nSPS) is 11.6. The van der Waals surface area contributed by atoms with Crippen LogP contribution in [0.4, 0.5) is 0 Å². The van der Waals surface area contributed by atoms with Crippen LogP contribution in [0.1, 0.15) is 26.3 Å². The van der Waals surface area contributed by atoms with Gasteiger partial charge < -0.3 is 5.21 Å². The summed E-state index contributed by atoms with van der Waals surface area (Å²) in [6.07, 6.45) is 1.45. The highest BCUT2D eigenvalue weighted by molar-refractivity contribution is 5.18. The lowest BCUT2D eigenvalue weighted by molar-refractivity contribution is 0.173. The van der Waals surface area contributed by atoms with E-state index in [0.29, 0.717) is 4.73 Å². The van der Waals surface area contributed by atoms with Crippen molar-refractivity contribution in [1.29, 1.82) is 0 Å². The van der Waals surface area contributed by atoms with E-state index in [1.165, 1.54) is 12.3 Å². The molecule has 1 rings (SSSR count). The minimum Gasteiger partial charge on any atom is -0.425 e. The number of hydrogen-bond donors (Lipinski definition) is 1. The van der Waals surface area contributed by atoms with Crippen molar-refractivity contribution >= 4 is 0 Å². The third-order valence-corrected chi connectivity index (χ3v) is 1.76. The summed E-state index contributed by atoms with van der Waals surface area (Å²) in [7, 11) is 0. The first-order chi connectivity index (χ1) is 5.41. The zero-order chi connectivity index (χ0) is 9.35. The predicted molar refractivity (Wildman–Crippen MR) is 46.6 cm³/mol. The van der Waals surface area contributed by atoms with Crippen LogP contribution in [0.5, 0.6) is 0 Å². The number of pyridine rings is 1. The second-order valence-electron chi connectivity index (χ2n) is 3.85. The molecule has 0 amide bonds. The molecule has 12 heavy (non-hydrogen) atoms. The molecule has 0 spiro atoms. The fraction of sp³-hybridized carbons (Fsp3) is 0.444. The molecule has 3 heteroatoms. The fourth-order valence-electron chi connectivity index (χ4n) is 0.919. The Balaban J connectivity index is 3.23. The second kappa shape index (κ2) is 2.66. The van der Waals surface area contributed by atoms with Crippen molar-refractivity contribution < 1.29 is 5.21 Å². The highest BCUT2D eigenvalue weighted by atomic mass is 16.5. The molecule has 0 atom stereocenters. The van der Waals surface area contributed by atoms with Crippen molar-refractivity contribution in [3.63, 3.8) is 0 Å². The molecule has 1 aromatic heterocycles. The summed E-state index contributed by atoms with van der Waals surface area (Å²) in [4.78, 5) is 10.8. The summed E-state index contributed by atoms with van der Waals surface area (Å²) in [6.45, 7) is 6.06. The maximum Gasteiger partial charge on any atom is 0.282 e. The Labute approximate surface area is 71.2 Å². The molecular formula is C9H13NO2. The van der Waals surface area contributed by atoms with Gasteiger partial charge in [-0.15, -0.1) is 0 Å². The van der Waals surface area contributed by atoms with Crippen molar-refractivity contribution in [2.45, 2.75) is 26.2 Å². The lowest BCUT2D eigenvalue weighted by Gasteiger charge is -2.18. The molecule has 0 aliphatic heterocycles. The monoisotopic (exact) mass is 167 g/mol. The van der Waals surface area contributed by atoms with Crippen molar-refractivity contribution in [2.24, 2.45) is 0 Å². The Hall–Kier alpha value is -1.25. The molecule has 1 aromatic rings. The molecule has 1 N–H and O–H groups in total. The van der Waals surface area contributed by atoms with Crippen LogP contribution in [0.2, 0.25) is 0 Å². The van der Waals surface area contributed by atoms with Crippen LogP contribution < -0.4 is 5.56 Å². The Bertz CT molecular complexity index is 333. The largest absolute Gasteiger partial charge is 0.425 e. The van der Waals surface area contributed by atoms with Gasteiger partial charge in [-0.25, -0.2) is 0 Å². The topological polar surface area (TPSA) is 42.2 Å². The van der Waals surface area contributed by atoms with E-state index in [4.69, 9.17) is 5.21 Å². The van der Waals surface area contributed by atoms with E-state index in [2.05, 4.69) is 0 Å². The van der Waals surface area contributed by atoms with Gasteiger partial charge >= 0.3 is 0 Å². The van der Waals surface area contributed by atoms with E-state index >= 15 is 0 Å². The van der Waals surface area contributed by atoms with Crippen LogP contribution in [-0.4, -0.2) is 9.94 Å². The molecule has 66 valence electrons. The lowest BCUT2D eigenvalue weighted by Crippen LogP contribution is -2.20. The van der Waals surface area contributed by atoms with Crippen LogP contribution in [0.25, 0.3) is 0 Å². The number of rotatable bonds is 0. The van der Waals surface area contributed by atoms with Gasteiger partial charge in [-0.2, -0.15) is 4.73 Å². The van der Waals surface area contributed by atoms with E-state index in [0.717, 1.165) is 5.56 Å². The molecule has 3 nitrogen and oxygen atoms in total. The minimum absolute atomic E-state index is 0.0435. The summed E-state index contributed by atoms with van der Waals surface area (Å²) >= 11 is 0. The van der Waals surface area contributed by atoms with E-state index in [9.17, 15) is 4.79 Å². The Morgan fingerprint density at radius 2 is 1.92 bits per heavy atom. The zero-order valence-corrected chi connectivity index (χ0v) is 7.53. The van der Waals surface area contributed by atoms with Gasteiger partial charge in [0.05, 0.1) is 6.20 Å². The van der Waals surface area contributed by atoms with E-state index in [-0.39, 0.29) is 5.41 Å². The average molecular weight is 167 g/mol. The van der Waals surface area contributed by atoms with Gasteiger partial charge in [-0.1, -0.05) is 26.8 Å². The Morgan fingerprint density at radius 3 is 2.33 bits per heavy atom. The SMILES string of the molecule is CC(C)(C)c1ccc(=O)n(O)c1. The maximum atomic E-state index is 10.8. The van der Waals surface area contributed by atoms with Crippen LogP contribution in [0, 0.1) is 0 Å². The highest BCUT2D eigenvalue weighted by Gasteiger charge is 2.14. The quantitative estimate of drug-likeness (QED) is 0.593. The molecule has 0 aromatic carbocycles. The first-order valence-electron chi connectivity index (χ1n) is 3.84. The molecule has 0 saturated carbocycles. The van der Waals surface area contributed by atoms with Crippen LogP contribution in [0.15, 0.2) is 23.1 Å². The Morgan fingerprint density at radius 1 is 1.33 bits per heavy atom. The van der Waals surface area contributed by atoms with Gasteiger partial charge in [-0.3, -0.25) is 4.79 Å². The maximum absolute atomic E-state index is 10.8. The molecule has 0 radical (unpaired) electrons. The van der Waals surface area contributed by atoms with Crippen molar-refractivity contribution in [2.75, 3.05) is 0 Å². The smallest absolute Gasteiger partial charge is 0.282 e. The molecule has 0 unspecified atom stereocenters. The first kappa shape index (κ1) is 8.84. The predicted octanol–water partition coefficient (Wildman–Crippen LogP) is 1.38. The first-order valence-corrected chi connectivity index (χ1v) is 3.84. The summed E-state index contributed by atoms with van der Waals surface area (Å²) in [5, 5.41) is 9.07. The molecule has 0 fully saturated rings. The third-order valence-electron chi connectivity index (χ3n) is 1.76. The summed E-state index contributed by atoms with van der Waals surface area (Å²) in [5.41, 5.74) is 0.491. The van der Waals surface area contributed by atoms with Gasteiger partial charge in [0.25, 0.3) is 5.56 Å². The Kier molecular flexibility index (Phi) is 1.96. The molecule has 0 aliphatic rings. The average Bonchev–Trinajstić information content (AvgIpc) is 1.92. The lowest BCUT2D eigenvalue weighted by atomic mass is 9.88. The fourth-order valence-corrected chi connectivity index (χ4v) is 0.919. The van der Waals surface area contributed by atoms with Crippen LogP contribution >= 0.6 is 0 Å². The second-order valence-corrected chi connectivity index (χ2v) is 3.85. The van der Waals surface area contributed by atoms with Crippen molar-refractivity contribution in [3.8, 4) is 0 Å². The molecule has 0 saturated heterocycles. The standard InChI is InChI=1S/C9H13NO2/c1-9(2,3)7-4-5-8(11)10(12)6-7/h4-6,12H,1-3H3. The molecule has 0 bridgehead atoms. The van der Waals surface area contributed by atoms with Crippen molar-refractivity contribution in [1.82, 2.24) is 4.73 Å². The highest BCUT2D eigenvalue weighted by Crippen LogP contribution is 2.19. The number of aromatic nitrogens is 1. The zero-order valence-electron chi connectivity index (χ0n) is 7.53. The van der Waals surface area contributed by atoms with Gasteiger partial charge in [0.1, 0.15) is 0 Å². The summed E-state index contributed by atoms with van der Waals surface area (Å²) in [6, 6.07) is 3.09. The molecular weight excluding hydrogens is 154 g/mol. The van der Waals surface area contributed by atoms with E-state index < -0.39 is 5.56 Å². The van der Waals surface area contributed by atoms with Gasteiger partial charge in [0.2, 0.25) is 0 Å². The van der Waals surface area contributed by atoms with Crippen LogP contribution in [-0.2, 0) is 5.41 Å². The molecule has 0 aliphatic carbocycles. The third kappa shape index (κ3) is 1.67. The van der Waals surface area contributed by atoms with Crippen molar-refractivity contribution in [3.05, 3.63) is 34.2 Å². The number of nitrogens with zero attached hydrogens (tertiary/aromatic N) is 1. The minimum atomic E-state index is -0.400. The van der Waals surface area contributed by atoms with Gasteiger partial charge in [-0.05, 0) is 11.0 Å². The number of hydrogen-bond acceptors (Lipinski definition) is 2. The van der Waals surface area contributed by atoms with E-state index in [1.54, 1.807) is 6.07 Å².